The second-order valence-electron chi connectivity index (χ2n) is 6.32. The van der Waals surface area contributed by atoms with Crippen LogP contribution in [-0.4, -0.2) is 54.2 Å². The van der Waals surface area contributed by atoms with Gasteiger partial charge in [-0.05, 0) is 31.4 Å². The Hall–Kier alpha value is -2.24. The molecule has 2 aliphatic heterocycles. The molecule has 2 saturated heterocycles. The molecular formula is C17H23N3O3. The Bertz CT molecular complexity index is 555. The van der Waals surface area contributed by atoms with Crippen LogP contribution in [0, 0.1) is 5.92 Å². The van der Waals surface area contributed by atoms with Gasteiger partial charge in [-0.2, -0.15) is 0 Å². The standard InChI is InChI=1S/C17H23N3O3/c21-16(22)13-6-9-19(10-7-13)17(23)18-14-8-11-20(12-14)15-4-2-1-3-5-15/h1-5,13-14H,6-12H2,(H,18,23)(H,21,22). The number of likely N-dealkylation sites (tertiary alicyclic amines) is 1. The molecule has 0 saturated carbocycles. The molecule has 2 amide bonds. The quantitative estimate of drug-likeness (QED) is 0.891. The molecule has 6 nitrogen and oxygen atoms in total. The molecule has 124 valence electrons. The van der Waals surface area contributed by atoms with Crippen molar-refractivity contribution >= 4 is 17.7 Å². The number of amides is 2. The first-order valence-electron chi connectivity index (χ1n) is 8.22. The summed E-state index contributed by atoms with van der Waals surface area (Å²) in [6.07, 6.45) is 2.03. The Balaban J connectivity index is 1.47. The molecule has 23 heavy (non-hydrogen) atoms. The lowest BCUT2D eigenvalue weighted by Crippen LogP contribution is -2.49. The van der Waals surface area contributed by atoms with Crippen molar-refractivity contribution in [1.29, 1.82) is 0 Å². The lowest BCUT2D eigenvalue weighted by atomic mass is 9.97. The van der Waals surface area contributed by atoms with E-state index < -0.39 is 5.97 Å². The molecule has 0 radical (unpaired) electrons. The molecule has 3 rings (SSSR count). The lowest BCUT2D eigenvalue weighted by molar-refractivity contribution is -0.143. The topological polar surface area (TPSA) is 72.9 Å². The predicted octanol–water partition coefficient (Wildman–Crippen LogP) is 1.77. The normalized spacial score (nSPS) is 22.2. The van der Waals surface area contributed by atoms with E-state index in [2.05, 4.69) is 22.3 Å². The van der Waals surface area contributed by atoms with Crippen molar-refractivity contribution in [3.8, 4) is 0 Å². The molecule has 2 N–H and O–H groups in total. The van der Waals surface area contributed by atoms with Crippen molar-refractivity contribution < 1.29 is 14.7 Å². The van der Waals surface area contributed by atoms with Crippen LogP contribution in [0.25, 0.3) is 0 Å². The number of nitrogens with one attached hydrogen (secondary N) is 1. The third-order valence-corrected chi connectivity index (χ3v) is 4.77. The molecule has 0 aromatic heterocycles. The van der Waals surface area contributed by atoms with E-state index in [4.69, 9.17) is 5.11 Å². The summed E-state index contributed by atoms with van der Waals surface area (Å²) in [5, 5.41) is 12.1. The van der Waals surface area contributed by atoms with Crippen LogP contribution in [0.5, 0.6) is 0 Å². The van der Waals surface area contributed by atoms with Gasteiger partial charge in [0.1, 0.15) is 0 Å². The number of nitrogens with zero attached hydrogens (tertiary/aromatic N) is 2. The molecule has 2 fully saturated rings. The lowest BCUT2D eigenvalue weighted by Gasteiger charge is -2.31. The molecule has 6 heteroatoms. The van der Waals surface area contributed by atoms with Gasteiger partial charge >= 0.3 is 12.0 Å². The Morgan fingerprint density at radius 1 is 1.04 bits per heavy atom. The number of urea groups is 1. The molecule has 1 aromatic rings. The van der Waals surface area contributed by atoms with Crippen molar-refractivity contribution in [2.75, 3.05) is 31.1 Å². The largest absolute Gasteiger partial charge is 0.481 e. The first-order chi connectivity index (χ1) is 11.1. The van der Waals surface area contributed by atoms with E-state index in [1.807, 2.05) is 18.2 Å². The summed E-state index contributed by atoms with van der Waals surface area (Å²) in [4.78, 5) is 27.3. The Kier molecular flexibility index (Phi) is 4.69. The van der Waals surface area contributed by atoms with Crippen LogP contribution in [0.3, 0.4) is 0 Å². The molecule has 1 aromatic carbocycles. The molecular weight excluding hydrogens is 294 g/mol. The van der Waals surface area contributed by atoms with Crippen molar-refractivity contribution in [3.05, 3.63) is 30.3 Å². The maximum Gasteiger partial charge on any atom is 0.317 e. The van der Waals surface area contributed by atoms with E-state index in [1.54, 1.807) is 4.90 Å². The van der Waals surface area contributed by atoms with Crippen molar-refractivity contribution in [3.63, 3.8) is 0 Å². The van der Waals surface area contributed by atoms with E-state index >= 15 is 0 Å². The van der Waals surface area contributed by atoms with Gasteiger partial charge in [-0.3, -0.25) is 4.79 Å². The number of piperidine rings is 1. The Labute approximate surface area is 136 Å². The zero-order valence-corrected chi connectivity index (χ0v) is 13.1. The number of anilines is 1. The highest BCUT2D eigenvalue weighted by Gasteiger charge is 2.29. The van der Waals surface area contributed by atoms with Gasteiger partial charge in [-0.1, -0.05) is 18.2 Å². The van der Waals surface area contributed by atoms with E-state index in [1.165, 1.54) is 5.69 Å². The maximum atomic E-state index is 12.3. The van der Waals surface area contributed by atoms with Crippen LogP contribution in [0.15, 0.2) is 30.3 Å². The average molecular weight is 317 g/mol. The molecule has 1 unspecified atom stereocenters. The monoisotopic (exact) mass is 317 g/mol. The smallest absolute Gasteiger partial charge is 0.317 e. The Morgan fingerprint density at radius 2 is 1.74 bits per heavy atom. The number of carboxylic acid groups (broad SMARTS) is 1. The zero-order valence-electron chi connectivity index (χ0n) is 13.1. The van der Waals surface area contributed by atoms with Crippen LogP contribution < -0.4 is 10.2 Å². The number of rotatable bonds is 3. The van der Waals surface area contributed by atoms with E-state index in [9.17, 15) is 9.59 Å². The van der Waals surface area contributed by atoms with Crippen LogP contribution in [0.1, 0.15) is 19.3 Å². The fraction of sp³-hybridized carbons (Fsp3) is 0.529. The van der Waals surface area contributed by atoms with Gasteiger partial charge < -0.3 is 20.2 Å². The number of benzene rings is 1. The number of carbonyl (C=O) groups excluding carboxylic acids is 1. The minimum atomic E-state index is -0.751. The van der Waals surface area contributed by atoms with Crippen LogP contribution >= 0.6 is 0 Å². The van der Waals surface area contributed by atoms with Gasteiger partial charge in [0.25, 0.3) is 0 Å². The number of para-hydroxylation sites is 1. The molecule has 1 atom stereocenters. The molecule has 0 spiro atoms. The van der Waals surface area contributed by atoms with Gasteiger partial charge in [0, 0.05) is 37.9 Å². The number of aliphatic carboxylic acids is 1. The summed E-state index contributed by atoms with van der Waals surface area (Å²) in [7, 11) is 0. The van der Waals surface area contributed by atoms with Gasteiger partial charge in [0.15, 0.2) is 0 Å². The zero-order chi connectivity index (χ0) is 16.2. The fourth-order valence-corrected chi connectivity index (χ4v) is 3.35. The predicted molar refractivity (Wildman–Crippen MR) is 87.5 cm³/mol. The summed E-state index contributed by atoms with van der Waals surface area (Å²) in [5.74, 6) is -1.06. The van der Waals surface area contributed by atoms with Crippen LogP contribution in [0.2, 0.25) is 0 Å². The van der Waals surface area contributed by atoms with Crippen LogP contribution in [0.4, 0.5) is 10.5 Å². The third-order valence-electron chi connectivity index (χ3n) is 4.77. The minimum Gasteiger partial charge on any atom is -0.481 e. The third kappa shape index (κ3) is 3.75. The highest BCUT2D eigenvalue weighted by atomic mass is 16.4. The molecule has 2 aliphatic rings. The summed E-state index contributed by atoms with van der Waals surface area (Å²) < 4.78 is 0. The van der Waals surface area contributed by atoms with Crippen molar-refractivity contribution in [2.24, 2.45) is 5.92 Å². The highest BCUT2D eigenvalue weighted by Crippen LogP contribution is 2.21. The van der Waals surface area contributed by atoms with Crippen molar-refractivity contribution in [1.82, 2.24) is 10.2 Å². The van der Waals surface area contributed by atoms with E-state index in [-0.39, 0.29) is 18.0 Å². The number of hydrogen-bond donors (Lipinski definition) is 2. The summed E-state index contributed by atoms with van der Waals surface area (Å²) in [5.41, 5.74) is 1.19. The molecule has 0 bridgehead atoms. The summed E-state index contributed by atoms with van der Waals surface area (Å²) in [6.45, 7) is 2.81. The van der Waals surface area contributed by atoms with Crippen LogP contribution in [-0.2, 0) is 4.79 Å². The highest BCUT2D eigenvalue weighted by molar-refractivity contribution is 5.76. The van der Waals surface area contributed by atoms with Gasteiger partial charge in [-0.15, -0.1) is 0 Å². The van der Waals surface area contributed by atoms with Gasteiger partial charge in [0.05, 0.1) is 5.92 Å². The van der Waals surface area contributed by atoms with Gasteiger partial charge in [-0.25, -0.2) is 4.79 Å². The van der Waals surface area contributed by atoms with Crippen molar-refractivity contribution in [2.45, 2.75) is 25.3 Å². The Morgan fingerprint density at radius 3 is 2.39 bits per heavy atom. The second kappa shape index (κ2) is 6.89. The number of carboxylic acids is 1. The minimum absolute atomic E-state index is 0.0613. The molecule has 2 heterocycles. The van der Waals surface area contributed by atoms with Gasteiger partial charge in [0.2, 0.25) is 0 Å². The summed E-state index contributed by atoms with van der Waals surface area (Å²) >= 11 is 0. The van der Waals surface area contributed by atoms with E-state index in [0.717, 1.165) is 19.5 Å². The average Bonchev–Trinajstić information content (AvgIpc) is 3.04. The number of hydrogen-bond acceptors (Lipinski definition) is 3. The fourth-order valence-electron chi connectivity index (χ4n) is 3.35. The first-order valence-corrected chi connectivity index (χ1v) is 8.22. The second-order valence-corrected chi connectivity index (χ2v) is 6.32. The molecule has 0 aliphatic carbocycles. The maximum absolute atomic E-state index is 12.3. The first kappa shape index (κ1) is 15.6. The summed E-state index contributed by atoms with van der Waals surface area (Å²) in [6, 6.07) is 10.3. The SMILES string of the molecule is O=C(O)C1CCN(C(=O)NC2CCN(c3ccccc3)C2)CC1. The van der Waals surface area contributed by atoms with E-state index in [0.29, 0.717) is 25.9 Å². The number of carbonyl (C=O) groups is 2.